The van der Waals surface area contributed by atoms with E-state index in [4.69, 9.17) is 14.0 Å². The molecule has 5 rings (SSSR count). The predicted molar refractivity (Wildman–Crippen MR) is 156 cm³/mol. The number of aryl methyl sites for hydroxylation is 1. The van der Waals surface area contributed by atoms with E-state index in [1.54, 1.807) is 58.5 Å². The molecule has 0 aromatic carbocycles. The Morgan fingerprint density at radius 3 is 2.60 bits per heavy atom. The fourth-order valence-corrected chi connectivity index (χ4v) is 4.47. The highest BCUT2D eigenvalue weighted by atomic mass is 16.6. The SMILES string of the molecule is CO[C@@H]1CC[C@H]1NC(=O)c1onc2c(N(C)C(=O)OC(C)(C)C)cc(Nc3cccn(-c4ccc(C)cn4)c3=O)nc12. The van der Waals surface area contributed by atoms with Gasteiger partial charge in [0.15, 0.2) is 5.52 Å². The van der Waals surface area contributed by atoms with Crippen molar-refractivity contribution in [3.63, 3.8) is 0 Å². The van der Waals surface area contributed by atoms with Crippen LogP contribution in [0.1, 0.15) is 49.7 Å². The van der Waals surface area contributed by atoms with Gasteiger partial charge in [0.1, 0.15) is 28.4 Å². The number of fused-ring (bicyclic) bond motifs is 1. The Kier molecular flexibility index (Phi) is 7.69. The van der Waals surface area contributed by atoms with E-state index in [2.05, 4.69) is 25.8 Å². The molecule has 0 bridgehead atoms. The molecule has 0 saturated heterocycles. The number of nitrogens with one attached hydrogen (secondary N) is 2. The zero-order valence-electron chi connectivity index (χ0n) is 24.3. The van der Waals surface area contributed by atoms with Crippen molar-refractivity contribution < 1.29 is 23.6 Å². The average Bonchev–Trinajstić information content (AvgIpc) is 3.35. The average molecular weight is 576 g/mol. The summed E-state index contributed by atoms with van der Waals surface area (Å²) in [6.07, 6.45) is 4.14. The summed E-state index contributed by atoms with van der Waals surface area (Å²) in [5.41, 5.74) is 0.554. The number of hydrogen-bond donors (Lipinski definition) is 2. The maximum Gasteiger partial charge on any atom is 0.414 e. The number of ether oxygens (including phenoxy) is 2. The number of methoxy groups -OCH3 is 1. The summed E-state index contributed by atoms with van der Waals surface area (Å²) in [5.74, 6) is -0.0301. The van der Waals surface area contributed by atoms with Gasteiger partial charge in [0, 0.05) is 32.6 Å². The minimum absolute atomic E-state index is 0.0922. The number of pyridine rings is 3. The van der Waals surface area contributed by atoms with Crippen LogP contribution in [0.15, 0.2) is 52.0 Å². The first-order chi connectivity index (χ1) is 19.9. The Morgan fingerprint density at radius 1 is 1.17 bits per heavy atom. The highest BCUT2D eigenvalue weighted by Gasteiger charge is 2.34. The third-order valence-electron chi connectivity index (χ3n) is 6.83. The van der Waals surface area contributed by atoms with Crippen molar-refractivity contribution in [2.24, 2.45) is 0 Å². The molecule has 0 aliphatic heterocycles. The van der Waals surface area contributed by atoms with Gasteiger partial charge < -0.3 is 24.6 Å². The van der Waals surface area contributed by atoms with E-state index in [9.17, 15) is 14.4 Å². The van der Waals surface area contributed by atoms with Gasteiger partial charge in [-0.25, -0.2) is 14.8 Å². The first kappa shape index (κ1) is 28.7. The zero-order valence-corrected chi connectivity index (χ0v) is 24.3. The number of carbonyl (C=O) groups excluding carboxylic acids is 2. The molecule has 1 fully saturated rings. The van der Waals surface area contributed by atoms with Crippen molar-refractivity contribution >= 4 is 40.2 Å². The van der Waals surface area contributed by atoms with E-state index in [0.29, 0.717) is 5.82 Å². The van der Waals surface area contributed by atoms with Crippen molar-refractivity contribution in [3.8, 4) is 5.82 Å². The smallest absolute Gasteiger partial charge is 0.414 e. The molecule has 0 unspecified atom stereocenters. The summed E-state index contributed by atoms with van der Waals surface area (Å²) in [6, 6.07) is 8.26. The lowest BCUT2D eigenvalue weighted by molar-refractivity contribution is 0.00677. The lowest BCUT2D eigenvalue weighted by atomic mass is 9.89. The van der Waals surface area contributed by atoms with Gasteiger partial charge >= 0.3 is 6.09 Å². The minimum atomic E-state index is -0.757. The van der Waals surface area contributed by atoms with Crippen LogP contribution in [0.5, 0.6) is 0 Å². The molecule has 2 N–H and O–H groups in total. The molecule has 13 heteroatoms. The van der Waals surface area contributed by atoms with Crippen molar-refractivity contribution in [2.75, 3.05) is 24.4 Å². The molecular formula is C29H33N7O6. The molecule has 1 saturated carbocycles. The molecular weight excluding hydrogens is 542 g/mol. The predicted octanol–water partition coefficient (Wildman–Crippen LogP) is 4.10. The fourth-order valence-electron chi connectivity index (χ4n) is 4.47. The second-order valence-electron chi connectivity index (χ2n) is 11.1. The minimum Gasteiger partial charge on any atom is -0.443 e. The maximum atomic E-state index is 13.4. The molecule has 2 atom stereocenters. The van der Waals surface area contributed by atoms with Crippen LogP contribution in [0.25, 0.3) is 16.9 Å². The van der Waals surface area contributed by atoms with Crippen molar-refractivity contribution in [1.29, 1.82) is 0 Å². The second kappa shape index (κ2) is 11.2. The number of anilines is 3. The van der Waals surface area contributed by atoms with E-state index in [0.717, 1.165) is 18.4 Å². The lowest BCUT2D eigenvalue weighted by Crippen LogP contribution is -2.51. The quantitative estimate of drug-likeness (QED) is 0.329. The van der Waals surface area contributed by atoms with Crippen molar-refractivity contribution in [3.05, 3.63) is 64.4 Å². The van der Waals surface area contributed by atoms with E-state index in [-0.39, 0.29) is 51.7 Å². The monoisotopic (exact) mass is 575 g/mol. The van der Waals surface area contributed by atoms with Crippen LogP contribution in [-0.2, 0) is 9.47 Å². The summed E-state index contributed by atoms with van der Waals surface area (Å²) in [4.78, 5) is 49.8. The number of amides is 2. The number of rotatable bonds is 7. The molecule has 4 heterocycles. The first-order valence-electron chi connectivity index (χ1n) is 13.5. The van der Waals surface area contributed by atoms with Gasteiger partial charge in [0.25, 0.3) is 11.5 Å². The van der Waals surface area contributed by atoms with Gasteiger partial charge in [0.2, 0.25) is 5.76 Å². The van der Waals surface area contributed by atoms with Gasteiger partial charge in [-0.1, -0.05) is 11.2 Å². The molecule has 4 aromatic rings. The van der Waals surface area contributed by atoms with Crippen LogP contribution < -0.4 is 21.1 Å². The van der Waals surface area contributed by atoms with E-state index in [1.807, 2.05) is 13.0 Å². The summed E-state index contributed by atoms with van der Waals surface area (Å²) in [7, 11) is 3.11. The van der Waals surface area contributed by atoms with Crippen LogP contribution in [0.2, 0.25) is 0 Å². The van der Waals surface area contributed by atoms with Crippen LogP contribution in [0, 0.1) is 6.92 Å². The van der Waals surface area contributed by atoms with Crippen molar-refractivity contribution in [1.82, 2.24) is 25.0 Å². The highest BCUT2D eigenvalue weighted by molar-refractivity contribution is 6.07. The summed E-state index contributed by atoms with van der Waals surface area (Å²) >= 11 is 0. The van der Waals surface area contributed by atoms with Gasteiger partial charge in [-0.15, -0.1) is 0 Å². The van der Waals surface area contributed by atoms with Gasteiger partial charge in [0.05, 0.1) is 17.8 Å². The van der Waals surface area contributed by atoms with Gasteiger partial charge in [-0.3, -0.25) is 19.1 Å². The third-order valence-corrected chi connectivity index (χ3v) is 6.83. The Bertz CT molecular complexity index is 1690. The molecule has 13 nitrogen and oxygen atoms in total. The Labute approximate surface area is 241 Å². The summed E-state index contributed by atoms with van der Waals surface area (Å²) in [5, 5.41) is 10.0. The van der Waals surface area contributed by atoms with Gasteiger partial charge in [-0.2, -0.15) is 0 Å². The Balaban J connectivity index is 1.55. The van der Waals surface area contributed by atoms with Crippen molar-refractivity contribution in [2.45, 2.75) is 58.3 Å². The molecule has 42 heavy (non-hydrogen) atoms. The number of aromatic nitrogens is 4. The second-order valence-corrected chi connectivity index (χ2v) is 11.1. The molecule has 220 valence electrons. The molecule has 0 radical (unpaired) electrons. The third kappa shape index (κ3) is 5.81. The van der Waals surface area contributed by atoms with Gasteiger partial charge in [-0.05, 0) is 64.3 Å². The molecule has 1 aliphatic carbocycles. The molecule has 2 amide bonds. The standard InChI is InChI=1S/C29H33N7O6/c1-16-9-12-22(30-15-16)36-13-7-8-18(27(36)38)31-21-14-19(35(5)28(39)41-29(2,3)4)23-24(33-21)25(42-34-23)26(37)32-17-10-11-20(17)40-6/h7-9,12-15,17,20H,10-11H2,1-6H3,(H,31,33)(H,32,37)/t17-,20-/m1/s1. The molecule has 4 aromatic heterocycles. The van der Waals surface area contributed by atoms with Crippen LogP contribution >= 0.6 is 0 Å². The lowest BCUT2D eigenvalue weighted by Gasteiger charge is -2.35. The Morgan fingerprint density at radius 2 is 1.95 bits per heavy atom. The fraction of sp³-hybridized carbons (Fsp3) is 0.379. The normalized spacial score (nSPS) is 16.5. The van der Waals surface area contributed by atoms with Crippen LogP contribution in [0.3, 0.4) is 0 Å². The van der Waals surface area contributed by atoms with Crippen LogP contribution in [0.4, 0.5) is 22.0 Å². The molecule has 1 aliphatic rings. The Hall–Kier alpha value is -4.78. The summed E-state index contributed by atoms with van der Waals surface area (Å²) < 4.78 is 17.8. The van der Waals surface area contributed by atoms with E-state index >= 15 is 0 Å². The highest BCUT2D eigenvalue weighted by Crippen LogP contribution is 2.32. The largest absolute Gasteiger partial charge is 0.443 e. The maximum absolute atomic E-state index is 13.4. The van der Waals surface area contributed by atoms with E-state index in [1.165, 1.54) is 22.6 Å². The first-order valence-corrected chi connectivity index (χ1v) is 13.5. The number of carbonyl (C=O) groups is 2. The topological polar surface area (TPSA) is 154 Å². The number of hydrogen-bond acceptors (Lipinski definition) is 10. The van der Waals surface area contributed by atoms with Crippen LogP contribution in [-0.4, -0.2) is 63.6 Å². The molecule has 0 spiro atoms. The zero-order chi connectivity index (χ0) is 30.2. The van der Waals surface area contributed by atoms with E-state index < -0.39 is 17.6 Å². The number of nitrogens with zero attached hydrogens (tertiary/aromatic N) is 5. The summed E-state index contributed by atoms with van der Waals surface area (Å²) in [6.45, 7) is 7.17.